The topological polar surface area (TPSA) is 46.3 Å². The van der Waals surface area contributed by atoms with Crippen LogP contribution in [-0.4, -0.2) is 32.3 Å². The Hall–Kier alpha value is -1.68. The Morgan fingerprint density at radius 2 is 2.00 bits per heavy atom. The van der Waals surface area contributed by atoms with E-state index in [-0.39, 0.29) is 0 Å². The number of H-pyrrole nitrogens is 1. The summed E-state index contributed by atoms with van der Waals surface area (Å²) in [5.74, 6) is 1.68. The third-order valence-electron chi connectivity index (χ3n) is 3.41. The molecule has 0 fully saturated rings. The third-order valence-corrected chi connectivity index (χ3v) is 3.41. The van der Waals surface area contributed by atoms with Gasteiger partial charge in [0.15, 0.2) is 0 Å². The first-order valence-electron chi connectivity index (χ1n) is 6.65. The highest BCUT2D eigenvalue weighted by atomic mass is 16.5. The maximum Gasteiger partial charge on any atom is 0.132 e. The minimum atomic E-state index is 0.809. The summed E-state index contributed by atoms with van der Waals surface area (Å²) < 4.78 is 10.8. The fourth-order valence-corrected chi connectivity index (χ4v) is 2.45. The molecule has 0 unspecified atom stereocenters. The van der Waals surface area contributed by atoms with Crippen LogP contribution in [0, 0.1) is 6.92 Å². The third kappa shape index (κ3) is 2.68. The quantitative estimate of drug-likeness (QED) is 0.787. The molecule has 19 heavy (non-hydrogen) atoms. The van der Waals surface area contributed by atoms with Gasteiger partial charge in [-0.3, -0.25) is 0 Å². The summed E-state index contributed by atoms with van der Waals surface area (Å²) in [5.41, 5.74) is 3.58. The summed E-state index contributed by atoms with van der Waals surface area (Å²) in [5, 5.41) is 4.52. The molecule has 1 aromatic heterocycles. The van der Waals surface area contributed by atoms with Gasteiger partial charge in [-0.2, -0.15) is 0 Å². The molecule has 0 aliphatic rings. The second kappa shape index (κ2) is 5.97. The summed E-state index contributed by atoms with van der Waals surface area (Å²) >= 11 is 0. The fourth-order valence-electron chi connectivity index (χ4n) is 2.45. The van der Waals surface area contributed by atoms with Crippen LogP contribution in [-0.2, 0) is 6.42 Å². The van der Waals surface area contributed by atoms with Crippen molar-refractivity contribution in [2.24, 2.45) is 0 Å². The number of aromatic amines is 1. The molecule has 2 rings (SSSR count). The Morgan fingerprint density at radius 1 is 1.21 bits per heavy atom. The Morgan fingerprint density at radius 3 is 2.63 bits per heavy atom. The average molecular weight is 262 g/mol. The Labute approximate surface area is 114 Å². The molecule has 0 saturated heterocycles. The van der Waals surface area contributed by atoms with Crippen molar-refractivity contribution in [3.05, 3.63) is 23.4 Å². The molecule has 0 bridgehead atoms. The van der Waals surface area contributed by atoms with Gasteiger partial charge in [-0.15, -0.1) is 0 Å². The number of nitrogens with one attached hydrogen (secondary N) is 2. The van der Waals surface area contributed by atoms with E-state index in [1.54, 1.807) is 14.2 Å². The van der Waals surface area contributed by atoms with Gasteiger partial charge < -0.3 is 19.8 Å². The highest BCUT2D eigenvalue weighted by Gasteiger charge is 2.14. The molecule has 0 saturated carbocycles. The van der Waals surface area contributed by atoms with Crippen molar-refractivity contribution < 1.29 is 9.47 Å². The van der Waals surface area contributed by atoms with Crippen LogP contribution in [0.1, 0.15) is 18.2 Å². The lowest BCUT2D eigenvalue weighted by atomic mass is 10.1. The molecule has 0 spiro atoms. The van der Waals surface area contributed by atoms with Crippen molar-refractivity contribution in [1.29, 1.82) is 0 Å². The van der Waals surface area contributed by atoms with Gasteiger partial charge in [0.05, 0.1) is 19.7 Å². The van der Waals surface area contributed by atoms with E-state index >= 15 is 0 Å². The maximum atomic E-state index is 5.51. The van der Waals surface area contributed by atoms with Crippen molar-refractivity contribution in [2.75, 3.05) is 27.3 Å². The second-order valence-corrected chi connectivity index (χ2v) is 4.58. The van der Waals surface area contributed by atoms with Crippen LogP contribution in [0.2, 0.25) is 0 Å². The predicted molar refractivity (Wildman–Crippen MR) is 78.4 cm³/mol. The first kappa shape index (κ1) is 13.7. The molecule has 2 N–H and O–H groups in total. The van der Waals surface area contributed by atoms with Gasteiger partial charge in [0.1, 0.15) is 11.5 Å². The number of fused-ring (bicyclic) bond motifs is 1. The molecule has 0 amide bonds. The Kier molecular flexibility index (Phi) is 4.32. The van der Waals surface area contributed by atoms with Gasteiger partial charge >= 0.3 is 0 Å². The molecule has 0 atom stereocenters. The zero-order valence-corrected chi connectivity index (χ0v) is 12.1. The van der Waals surface area contributed by atoms with Crippen LogP contribution >= 0.6 is 0 Å². The van der Waals surface area contributed by atoms with Gasteiger partial charge in [0, 0.05) is 23.2 Å². The lowest BCUT2D eigenvalue weighted by molar-refractivity contribution is 0.398. The minimum absolute atomic E-state index is 0.809. The van der Waals surface area contributed by atoms with Gasteiger partial charge in [0.25, 0.3) is 0 Å². The van der Waals surface area contributed by atoms with Crippen LogP contribution in [0.25, 0.3) is 10.9 Å². The number of hydrogen-bond acceptors (Lipinski definition) is 3. The number of rotatable bonds is 6. The van der Waals surface area contributed by atoms with E-state index in [9.17, 15) is 0 Å². The molecule has 4 nitrogen and oxygen atoms in total. The zero-order chi connectivity index (χ0) is 13.8. The van der Waals surface area contributed by atoms with E-state index in [0.717, 1.165) is 36.5 Å². The number of likely N-dealkylation sites (N-methyl/N-ethyl adjacent to an activating group) is 1. The van der Waals surface area contributed by atoms with Crippen LogP contribution in [0.15, 0.2) is 12.1 Å². The number of aryl methyl sites for hydroxylation is 1. The van der Waals surface area contributed by atoms with Crippen molar-refractivity contribution in [3.8, 4) is 11.5 Å². The largest absolute Gasteiger partial charge is 0.497 e. The van der Waals surface area contributed by atoms with E-state index < -0.39 is 0 Å². The highest BCUT2D eigenvalue weighted by Crippen LogP contribution is 2.35. The molecule has 1 aromatic carbocycles. The molecule has 0 aliphatic carbocycles. The van der Waals surface area contributed by atoms with Gasteiger partial charge in [0.2, 0.25) is 0 Å². The van der Waals surface area contributed by atoms with E-state index in [1.807, 2.05) is 12.1 Å². The Bertz CT molecular complexity index is 561. The number of ether oxygens (including phenoxy) is 2. The fraction of sp³-hybridized carbons (Fsp3) is 0.467. The summed E-state index contributed by atoms with van der Waals surface area (Å²) in [4.78, 5) is 3.42. The lowest BCUT2D eigenvalue weighted by Crippen LogP contribution is -2.16. The SMILES string of the molecule is CCNCCc1c(C)[nH]c2cc(OC)cc(OC)c12. The van der Waals surface area contributed by atoms with Crippen molar-refractivity contribution >= 4 is 10.9 Å². The van der Waals surface area contributed by atoms with Gasteiger partial charge in [-0.1, -0.05) is 6.92 Å². The molecule has 0 aliphatic heterocycles. The number of aromatic nitrogens is 1. The van der Waals surface area contributed by atoms with Crippen LogP contribution in [0.3, 0.4) is 0 Å². The molecular formula is C15H22N2O2. The summed E-state index contributed by atoms with van der Waals surface area (Å²) in [6.45, 7) is 6.19. The summed E-state index contributed by atoms with van der Waals surface area (Å²) in [6.07, 6.45) is 0.988. The van der Waals surface area contributed by atoms with Crippen molar-refractivity contribution in [2.45, 2.75) is 20.3 Å². The first-order chi connectivity index (χ1) is 9.21. The molecule has 1 heterocycles. The molecule has 104 valence electrons. The van der Waals surface area contributed by atoms with Crippen molar-refractivity contribution in [3.63, 3.8) is 0 Å². The molecular weight excluding hydrogens is 240 g/mol. The average Bonchev–Trinajstić information content (AvgIpc) is 2.74. The first-order valence-corrected chi connectivity index (χ1v) is 6.65. The van der Waals surface area contributed by atoms with E-state index in [1.165, 1.54) is 16.6 Å². The standard InChI is InChI=1S/C15H22N2O2/c1-5-16-7-6-12-10(2)17-13-8-11(18-3)9-14(19-4)15(12)13/h8-9,16-17H,5-7H2,1-4H3. The maximum absolute atomic E-state index is 5.51. The van der Waals surface area contributed by atoms with E-state index in [4.69, 9.17) is 9.47 Å². The van der Waals surface area contributed by atoms with Crippen LogP contribution in [0.4, 0.5) is 0 Å². The minimum Gasteiger partial charge on any atom is -0.497 e. The van der Waals surface area contributed by atoms with Crippen LogP contribution in [0.5, 0.6) is 11.5 Å². The highest BCUT2D eigenvalue weighted by molar-refractivity contribution is 5.91. The van der Waals surface area contributed by atoms with Crippen molar-refractivity contribution in [1.82, 2.24) is 10.3 Å². The number of benzene rings is 1. The zero-order valence-electron chi connectivity index (χ0n) is 12.1. The van der Waals surface area contributed by atoms with E-state index in [0.29, 0.717) is 0 Å². The summed E-state index contributed by atoms with van der Waals surface area (Å²) in [7, 11) is 3.37. The molecule has 2 aromatic rings. The smallest absolute Gasteiger partial charge is 0.132 e. The number of hydrogen-bond donors (Lipinski definition) is 2. The van der Waals surface area contributed by atoms with E-state index in [2.05, 4.69) is 24.1 Å². The van der Waals surface area contributed by atoms with Gasteiger partial charge in [-0.05, 0) is 32.0 Å². The predicted octanol–water partition coefficient (Wildman–Crippen LogP) is 2.65. The Balaban J connectivity index is 2.48. The molecule has 4 heteroatoms. The van der Waals surface area contributed by atoms with Gasteiger partial charge in [-0.25, -0.2) is 0 Å². The normalized spacial score (nSPS) is 10.9. The molecule has 0 radical (unpaired) electrons. The number of methoxy groups -OCH3 is 2. The lowest BCUT2D eigenvalue weighted by Gasteiger charge is -2.08. The summed E-state index contributed by atoms with van der Waals surface area (Å²) in [6, 6.07) is 3.95. The monoisotopic (exact) mass is 262 g/mol. The second-order valence-electron chi connectivity index (χ2n) is 4.58. The van der Waals surface area contributed by atoms with Crippen LogP contribution < -0.4 is 14.8 Å².